The molecule has 0 fully saturated rings. The standard InChI is InChI=1S/C20H22ClN5O3S/c1-13(19(28)23-11-14-4-6-15(21)7-5-14)30-20-25-24-18(9-8-17(22)27)26(20)12-16-3-2-10-29-16/h2-7,10,13H,8-9,11-12H2,1H3,(H2,22,27)(H,23,28). The van der Waals surface area contributed by atoms with Gasteiger partial charge < -0.3 is 15.5 Å². The number of primary amides is 1. The van der Waals surface area contributed by atoms with E-state index in [0.717, 1.165) is 11.3 Å². The number of furan rings is 1. The molecule has 0 aliphatic carbocycles. The van der Waals surface area contributed by atoms with Gasteiger partial charge in [-0.05, 0) is 36.8 Å². The molecule has 1 atom stereocenters. The number of aryl methyl sites for hydroxylation is 1. The third-order valence-corrected chi connectivity index (χ3v) is 5.65. The van der Waals surface area contributed by atoms with E-state index >= 15 is 0 Å². The van der Waals surface area contributed by atoms with Crippen LogP contribution < -0.4 is 11.1 Å². The summed E-state index contributed by atoms with van der Waals surface area (Å²) in [6.07, 6.45) is 2.11. The maximum absolute atomic E-state index is 12.5. The predicted molar refractivity (Wildman–Crippen MR) is 114 cm³/mol. The minimum Gasteiger partial charge on any atom is -0.467 e. The number of carbonyl (C=O) groups excluding carboxylic acids is 2. The number of hydrogen-bond donors (Lipinski definition) is 2. The summed E-state index contributed by atoms with van der Waals surface area (Å²) in [5.41, 5.74) is 6.22. The van der Waals surface area contributed by atoms with Gasteiger partial charge in [-0.25, -0.2) is 0 Å². The van der Waals surface area contributed by atoms with Crippen LogP contribution in [0.3, 0.4) is 0 Å². The lowest BCUT2D eigenvalue weighted by Gasteiger charge is -2.13. The van der Waals surface area contributed by atoms with Gasteiger partial charge in [0.2, 0.25) is 11.8 Å². The fourth-order valence-corrected chi connectivity index (χ4v) is 3.71. The molecule has 3 aromatic rings. The zero-order valence-corrected chi connectivity index (χ0v) is 17.9. The lowest BCUT2D eigenvalue weighted by molar-refractivity contribution is -0.120. The first kappa shape index (κ1) is 21.9. The van der Waals surface area contributed by atoms with Crippen molar-refractivity contribution in [2.75, 3.05) is 0 Å². The Morgan fingerprint density at radius 1 is 1.27 bits per heavy atom. The lowest BCUT2D eigenvalue weighted by Crippen LogP contribution is -2.30. The summed E-state index contributed by atoms with van der Waals surface area (Å²) in [5.74, 6) is 0.797. The van der Waals surface area contributed by atoms with Crippen LogP contribution in [0.1, 0.15) is 30.5 Å². The van der Waals surface area contributed by atoms with Crippen molar-refractivity contribution in [2.24, 2.45) is 5.73 Å². The molecule has 1 aromatic carbocycles. The van der Waals surface area contributed by atoms with Crippen LogP contribution in [0.2, 0.25) is 5.02 Å². The van der Waals surface area contributed by atoms with Crippen LogP contribution in [-0.2, 0) is 29.1 Å². The van der Waals surface area contributed by atoms with Crippen molar-refractivity contribution in [3.05, 3.63) is 64.8 Å². The Labute approximate surface area is 183 Å². The number of benzene rings is 1. The quantitative estimate of drug-likeness (QED) is 0.461. The van der Waals surface area contributed by atoms with E-state index in [0.29, 0.717) is 35.5 Å². The zero-order chi connectivity index (χ0) is 21.5. The highest BCUT2D eigenvalue weighted by molar-refractivity contribution is 8.00. The summed E-state index contributed by atoms with van der Waals surface area (Å²) in [4.78, 5) is 23.7. The minimum absolute atomic E-state index is 0.124. The SMILES string of the molecule is CC(Sc1nnc(CCC(N)=O)n1Cc1ccco1)C(=O)NCc1ccc(Cl)cc1. The van der Waals surface area contributed by atoms with Crippen molar-refractivity contribution in [3.63, 3.8) is 0 Å². The Morgan fingerprint density at radius 2 is 2.03 bits per heavy atom. The maximum atomic E-state index is 12.5. The number of hydrogen-bond acceptors (Lipinski definition) is 6. The van der Waals surface area contributed by atoms with E-state index < -0.39 is 11.2 Å². The maximum Gasteiger partial charge on any atom is 0.233 e. The Morgan fingerprint density at radius 3 is 2.70 bits per heavy atom. The molecule has 0 aliphatic rings. The molecule has 158 valence electrons. The van der Waals surface area contributed by atoms with Crippen LogP contribution in [0.15, 0.2) is 52.2 Å². The van der Waals surface area contributed by atoms with Crippen molar-refractivity contribution < 1.29 is 14.0 Å². The van der Waals surface area contributed by atoms with Crippen molar-refractivity contribution in [3.8, 4) is 0 Å². The molecule has 2 heterocycles. The molecule has 0 saturated carbocycles. The number of nitrogens with zero attached hydrogens (tertiary/aromatic N) is 3. The molecule has 0 bridgehead atoms. The first-order valence-electron chi connectivity index (χ1n) is 9.34. The molecule has 8 nitrogen and oxygen atoms in total. The van der Waals surface area contributed by atoms with E-state index in [4.69, 9.17) is 21.8 Å². The monoisotopic (exact) mass is 447 g/mol. The highest BCUT2D eigenvalue weighted by Gasteiger charge is 2.21. The first-order valence-corrected chi connectivity index (χ1v) is 10.6. The molecular weight excluding hydrogens is 426 g/mol. The number of aromatic nitrogens is 3. The van der Waals surface area contributed by atoms with Crippen molar-refractivity contribution >= 4 is 35.2 Å². The second kappa shape index (κ2) is 10.3. The second-order valence-electron chi connectivity index (χ2n) is 6.63. The van der Waals surface area contributed by atoms with Crippen molar-refractivity contribution in [1.29, 1.82) is 0 Å². The van der Waals surface area contributed by atoms with E-state index in [-0.39, 0.29) is 12.3 Å². The van der Waals surface area contributed by atoms with Gasteiger partial charge in [-0.1, -0.05) is 35.5 Å². The molecular formula is C20H22ClN5O3S. The number of carbonyl (C=O) groups is 2. The van der Waals surface area contributed by atoms with Crippen LogP contribution in [0.4, 0.5) is 0 Å². The Hall–Kier alpha value is -2.78. The molecule has 30 heavy (non-hydrogen) atoms. The van der Waals surface area contributed by atoms with E-state index in [1.165, 1.54) is 11.8 Å². The van der Waals surface area contributed by atoms with Gasteiger partial charge in [-0.2, -0.15) is 0 Å². The average Bonchev–Trinajstić information content (AvgIpc) is 3.36. The molecule has 2 amide bonds. The summed E-state index contributed by atoms with van der Waals surface area (Å²) in [6, 6.07) is 10.9. The van der Waals surface area contributed by atoms with Crippen LogP contribution in [0, 0.1) is 0 Å². The summed E-state index contributed by atoms with van der Waals surface area (Å²) in [7, 11) is 0. The molecule has 3 N–H and O–H groups in total. The molecule has 10 heteroatoms. The van der Waals surface area contributed by atoms with Gasteiger partial charge in [-0.15, -0.1) is 10.2 Å². The normalized spacial score (nSPS) is 11.9. The summed E-state index contributed by atoms with van der Waals surface area (Å²) >= 11 is 7.18. The van der Waals surface area contributed by atoms with Crippen LogP contribution >= 0.6 is 23.4 Å². The van der Waals surface area contributed by atoms with Crippen LogP contribution in [0.5, 0.6) is 0 Å². The van der Waals surface area contributed by atoms with Gasteiger partial charge in [0.25, 0.3) is 0 Å². The number of rotatable bonds is 10. The molecule has 1 unspecified atom stereocenters. The molecule has 0 saturated heterocycles. The average molecular weight is 448 g/mol. The minimum atomic E-state index is -0.410. The molecule has 3 rings (SSSR count). The van der Waals surface area contributed by atoms with E-state index in [1.54, 1.807) is 31.4 Å². The molecule has 0 spiro atoms. The Balaban J connectivity index is 1.66. The van der Waals surface area contributed by atoms with Crippen LogP contribution in [-0.4, -0.2) is 31.8 Å². The van der Waals surface area contributed by atoms with Gasteiger partial charge in [0.1, 0.15) is 11.6 Å². The van der Waals surface area contributed by atoms with Gasteiger partial charge in [0.05, 0.1) is 18.1 Å². The number of nitrogens with two attached hydrogens (primary N) is 1. The summed E-state index contributed by atoms with van der Waals surface area (Å²) in [5, 5.41) is 12.1. The Kier molecular flexibility index (Phi) is 7.53. The van der Waals surface area contributed by atoms with Crippen LogP contribution in [0.25, 0.3) is 0 Å². The zero-order valence-electron chi connectivity index (χ0n) is 16.4. The highest BCUT2D eigenvalue weighted by atomic mass is 35.5. The fraction of sp³-hybridized carbons (Fsp3) is 0.300. The van der Waals surface area contributed by atoms with Gasteiger partial charge in [0.15, 0.2) is 5.16 Å². The fourth-order valence-electron chi connectivity index (χ4n) is 2.69. The summed E-state index contributed by atoms with van der Waals surface area (Å²) < 4.78 is 7.27. The third kappa shape index (κ3) is 6.11. The van der Waals surface area contributed by atoms with Gasteiger partial charge in [0, 0.05) is 24.4 Å². The topological polar surface area (TPSA) is 116 Å². The summed E-state index contributed by atoms with van der Waals surface area (Å²) in [6.45, 7) is 2.61. The molecule has 2 aromatic heterocycles. The number of nitrogens with one attached hydrogen (secondary N) is 1. The van der Waals surface area contributed by atoms with E-state index in [1.807, 2.05) is 22.8 Å². The molecule has 0 radical (unpaired) electrons. The second-order valence-corrected chi connectivity index (χ2v) is 8.38. The number of amides is 2. The number of halogens is 1. The van der Waals surface area contributed by atoms with Gasteiger partial charge >= 0.3 is 0 Å². The van der Waals surface area contributed by atoms with E-state index in [9.17, 15) is 9.59 Å². The smallest absolute Gasteiger partial charge is 0.233 e. The van der Waals surface area contributed by atoms with Crippen molar-refractivity contribution in [1.82, 2.24) is 20.1 Å². The largest absolute Gasteiger partial charge is 0.467 e. The third-order valence-electron chi connectivity index (χ3n) is 4.31. The number of thioether (sulfide) groups is 1. The highest BCUT2D eigenvalue weighted by Crippen LogP contribution is 2.24. The van der Waals surface area contributed by atoms with E-state index in [2.05, 4.69) is 15.5 Å². The predicted octanol–water partition coefficient (Wildman–Crippen LogP) is 2.79. The first-order chi connectivity index (χ1) is 14.4. The lowest BCUT2D eigenvalue weighted by atomic mass is 10.2. The van der Waals surface area contributed by atoms with Gasteiger partial charge in [-0.3, -0.25) is 14.2 Å². The Bertz CT molecular complexity index is 989. The van der Waals surface area contributed by atoms with Crippen molar-refractivity contribution in [2.45, 2.75) is 43.3 Å². The molecule has 0 aliphatic heterocycles.